The highest BCUT2D eigenvalue weighted by Crippen LogP contribution is 2.32. The van der Waals surface area contributed by atoms with Crippen LogP contribution >= 0.6 is 34.8 Å². The van der Waals surface area contributed by atoms with Crippen molar-refractivity contribution in [2.24, 2.45) is 0 Å². The zero-order valence-corrected chi connectivity index (χ0v) is 11.2. The first kappa shape index (κ1) is 14.2. The van der Waals surface area contributed by atoms with E-state index in [2.05, 4.69) is 5.32 Å². The molecule has 0 heterocycles. The van der Waals surface area contributed by atoms with Gasteiger partial charge in [-0.3, -0.25) is 0 Å². The summed E-state index contributed by atoms with van der Waals surface area (Å²) in [6.07, 6.45) is 1.12. The van der Waals surface area contributed by atoms with Crippen molar-refractivity contribution < 1.29 is 9.90 Å². The van der Waals surface area contributed by atoms with Gasteiger partial charge < -0.3 is 10.4 Å². The minimum atomic E-state index is -0.982. The van der Waals surface area contributed by atoms with Crippen molar-refractivity contribution in [3.8, 4) is 0 Å². The number of benzene rings is 1. The molecule has 0 radical (unpaired) electrons. The Labute approximate surface area is 114 Å². The number of nitrogens with one attached hydrogen (secondary N) is 1. The molecule has 0 saturated heterocycles. The Balaban J connectivity index is 2.76. The monoisotopic (exact) mass is 293 g/mol. The Kier molecular flexibility index (Phi) is 5.12. The molecule has 0 aliphatic rings. The highest BCUT2D eigenvalue weighted by Gasteiger charge is 2.05. The number of halogens is 3. The van der Waals surface area contributed by atoms with Gasteiger partial charge in [0.25, 0.3) is 0 Å². The van der Waals surface area contributed by atoms with E-state index in [1.165, 1.54) is 6.07 Å². The molecule has 92 valence electrons. The average Bonchev–Trinajstić information content (AvgIpc) is 2.20. The van der Waals surface area contributed by atoms with Crippen LogP contribution in [0.1, 0.15) is 6.92 Å². The first-order chi connectivity index (χ1) is 7.90. The topological polar surface area (TPSA) is 49.3 Å². The third-order valence-electron chi connectivity index (χ3n) is 1.94. The van der Waals surface area contributed by atoms with Crippen LogP contribution in [0.25, 0.3) is 0 Å². The van der Waals surface area contributed by atoms with Crippen LogP contribution in [0.2, 0.25) is 15.1 Å². The van der Waals surface area contributed by atoms with Crippen molar-refractivity contribution in [2.75, 3.05) is 11.9 Å². The van der Waals surface area contributed by atoms with Crippen molar-refractivity contribution >= 4 is 46.5 Å². The summed E-state index contributed by atoms with van der Waals surface area (Å²) in [6.45, 7) is 2.07. The molecule has 0 saturated carbocycles. The normalized spacial score (nSPS) is 11.4. The zero-order chi connectivity index (χ0) is 13.0. The van der Waals surface area contributed by atoms with Gasteiger partial charge in [-0.2, -0.15) is 0 Å². The molecule has 2 N–H and O–H groups in total. The van der Waals surface area contributed by atoms with Gasteiger partial charge >= 0.3 is 5.97 Å². The van der Waals surface area contributed by atoms with Crippen LogP contribution in [-0.2, 0) is 4.79 Å². The second-order valence-electron chi connectivity index (χ2n) is 3.43. The third kappa shape index (κ3) is 4.46. The molecular formula is C11H10Cl3NO2. The van der Waals surface area contributed by atoms with Crippen molar-refractivity contribution in [3.63, 3.8) is 0 Å². The first-order valence-corrected chi connectivity index (χ1v) is 5.82. The third-order valence-corrected chi connectivity index (χ3v) is 2.97. The smallest absolute Gasteiger partial charge is 0.328 e. The standard InChI is InChI=1S/C11H10Cl3NO2/c1-6(2-11(16)17)5-15-10-4-8(13)7(12)3-9(10)14/h2-4,15H,5H2,1H3,(H,16,17)/b6-2-. The summed E-state index contributed by atoms with van der Waals surface area (Å²) in [7, 11) is 0. The van der Waals surface area contributed by atoms with Crippen molar-refractivity contribution in [2.45, 2.75) is 6.92 Å². The average molecular weight is 295 g/mol. The molecule has 0 bridgehead atoms. The first-order valence-electron chi connectivity index (χ1n) is 4.68. The summed E-state index contributed by atoms with van der Waals surface area (Å²) >= 11 is 17.6. The van der Waals surface area contributed by atoms with E-state index in [1.807, 2.05) is 0 Å². The fourth-order valence-corrected chi connectivity index (χ4v) is 1.77. The summed E-state index contributed by atoms with van der Waals surface area (Å²) in [5.74, 6) is -0.982. The number of anilines is 1. The molecule has 17 heavy (non-hydrogen) atoms. The van der Waals surface area contributed by atoms with E-state index >= 15 is 0 Å². The second kappa shape index (κ2) is 6.15. The summed E-state index contributed by atoms with van der Waals surface area (Å²) in [4.78, 5) is 10.4. The van der Waals surface area contributed by atoms with Gasteiger partial charge in [0.15, 0.2) is 0 Å². The molecule has 1 aromatic rings. The largest absolute Gasteiger partial charge is 0.478 e. The molecule has 0 amide bonds. The lowest BCUT2D eigenvalue weighted by atomic mass is 10.2. The summed E-state index contributed by atoms with van der Waals surface area (Å²) in [5.41, 5.74) is 1.28. The molecule has 0 unspecified atom stereocenters. The van der Waals surface area contributed by atoms with Gasteiger partial charge in [0.1, 0.15) is 0 Å². The lowest BCUT2D eigenvalue weighted by molar-refractivity contribution is -0.131. The van der Waals surface area contributed by atoms with E-state index in [-0.39, 0.29) is 0 Å². The van der Waals surface area contributed by atoms with Crippen LogP contribution in [0, 0.1) is 0 Å². The number of carboxylic acids is 1. The fourth-order valence-electron chi connectivity index (χ4n) is 1.15. The molecule has 0 atom stereocenters. The lowest BCUT2D eigenvalue weighted by Crippen LogP contribution is -2.05. The number of hydrogen-bond acceptors (Lipinski definition) is 2. The Morgan fingerprint density at radius 3 is 2.47 bits per heavy atom. The minimum Gasteiger partial charge on any atom is -0.478 e. The predicted octanol–water partition coefficient (Wildman–Crippen LogP) is 4.09. The van der Waals surface area contributed by atoms with Crippen LogP contribution in [-0.4, -0.2) is 17.6 Å². The number of hydrogen-bond donors (Lipinski definition) is 2. The molecule has 1 aromatic carbocycles. The molecule has 0 aliphatic heterocycles. The Bertz CT molecular complexity index is 472. The van der Waals surface area contributed by atoms with Crippen LogP contribution in [0.4, 0.5) is 5.69 Å². The van der Waals surface area contributed by atoms with Gasteiger partial charge in [-0.05, 0) is 24.6 Å². The van der Waals surface area contributed by atoms with Gasteiger partial charge in [0, 0.05) is 12.6 Å². The number of rotatable bonds is 4. The molecule has 3 nitrogen and oxygen atoms in total. The highest BCUT2D eigenvalue weighted by atomic mass is 35.5. The fraction of sp³-hybridized carbons (Fsp3) is 0.182. The van der Waals surface area contributed by atoms with Gasteiger partial charge in [-0.1, -0.05) is 34.8 Å². The summed E-state index contributed by atoms with van der Waals surface area (Å²) in [6, 6.07) is 3.13. The molecule has 0 fully saturated rings. The van der Waals surface area contributed by atoms with Crippen LogP contribution in [0.3, 0.4) is 0 Å². The molecule has 0 aliphatic carbocycles. The van der Waals surface area contributed by atoms with Crippen LogP contribution < -0.4 is 5.32 Å². The molecule has 0 spiro atoms. The van der Waals surface area contributed by atoms with Gasteiger partial charge in [-0.15, -0.1) is 0 Å². The lowest BCUT2D eigenvalue weighted by Gasteiger charge is -2.09. The maximum Gasteiger partial charge on any atom is 0.328 e. The van der Waals surface area contributed by atoms with E-state index in [0.717, 1.165) is 6.08 Å². The molecule has 0 aromatic heterocycles. The Morgan fingerprint density at radius 1 is 1.29 bits per heavy atom. The molecular weight excluding hydrogens is 284 g/mol. The van der Waals surface area contributed by atoms with Crippen molar-refractivity contribution in [1.82, 2.24) is 0 Å². The zero-order valence-electron chi connectivity index (χ0n) is 8.93. The Morgan fingerprint density at radius 2 is 1.88 bits per heavy atom. The number of carboxylic acid groups (broad SMARTS) is 1. The maximum absolute atomic E-state index is 10.4. The van der Waals surface area contributed by atoms with E-state index in [1.54, 1.807) is 13.0 Å². The number of aliphatic carboxylic acids is 1. The van der Waals surface area contributed by atoms with Gasteiger partial charge in [-0.25, -0.2) is 4.79 Å². The second-order valence-corrected chi connectivity index (χ2v) is 4.65. The SMILES string of the molecule is C/C(=C/C(=O)O)CNc1cc(Cl)c(Cl)cc1Cl. The van der Waals surface area contributed by atoms with Gasteiger partial charge in [0.05, 0.1) is 20.8 Å². The van der Waals surface area contributed by atoms with E-state index < -0.39 is 5.97 Å². The minimum absolute atomic E-state index is 0.365. The highest BCUT2D eigenvalue weighted by molar-refractivity contribution is 6.44. The van der Waals surface area contributed by atoms with Gasteiger partial charge in [0.2, 0.25) is 0 Å². The quantitative estimate of drug-likeness (QED) is 0.649. The van der Waals surface area contributed by atoms with Crippen molar-refractivity contribution in [3.05, 3.63) is 38.8 Å². The van der Waals surface area contributed by atoms with Crippen molar-refractivity contribution in [1.29, 1.82) is 0 Å². The van der Waals surface area contributed by atoms with E-state index in [0.29, 0.717) is 32.9 Å². The molecule has 1 rings (SSSR count). The van der Waals surface area contributed by atoms with Crippen LogP contribution in [0.15, 0.2) is 23.8 Å². The summed E-state index contributed by atoms with van der Waals surface area (Å²) < 4.78 is 0. The Hall–Kier alpha value is -0.900. The predicted molar refractivity (Wildman–Crippen MR) is 71.4 cm³/mol. The van der Waals surface area contributed by atoms with E-state index in [4.69, 9.17) is 39.9 Å². The summed E-state index contributed by atoms with van der Waals surface area (Å²) in [5, 5.41) is 12.7. The number of carbonyl (C=O) groups is 1. The van der Waals surface area contributed by atoms with Crippen LogP contribution in [0.5, 0.6) is 0 Å². The van der Waals surface area contributed by atoms with E-state index in [9.17, 15) is 4.79 Å². The molecule has 6 heteroatoms. The maximum atomic E-state index is 10.4.